The lowest BCUT2D eigenvalue weighted by molar-refractivity contribution is 0.233. The Morgan fingerprint density at radius 3 is 2.30 bits per heavy atom. The minimum Gasteiger partial charge on any atom is -0.497 e. The van der Waals surface area contributed by atoms with Crippen LogP contribution in [0.2, 0.25) is 19.1 Å². The molecule has 0 aliphatic heterocycles. The van der Waals surface area contributed by atoms with Crippen LogP contribution in [0.3, 0.4) is 0 Å². The third kappa shape index (κ3) is 7.84. The van der Waals surface area contributed by atoms with Gasteiger partial charge in [0.15, 0.2) is 8.32 Å². The molecule has 2 nitrogen and oxygen atoms in total. The SMILES string of the molecule is CCCCC/C=C(\C[Si](C)(C)OC(C)C)c1ccc(OC)cc1. The minimum absolute atomic E-state index is 0.300. The number of hydrogen-bond donors (Lipinski definition) is 0. The van der Waals surface area contributed by atoms with Gasteiger partial charge in [-0.2, -0.15) is 0 Å². The molecule has 23 heavy (non-hydrogen) atoms. The molecule has 0 aliphatic rings. The second-order valence-electron chi connectivity index (χ2n) is 7.06. The molecule has 1 aromatic carbocycles. The zero-order chi connectivity index (χ0) is 17.3. The molecule has 1 aromatic rings. The number of benzene rings is 1. The molecule has 0 aliphatic carbocycles. The molecule has 0 unspecified atom stereocenters. The molecule has 0 spiro atoms. The maximum Gasteiger partial charge on any atom is 0.191 e. The monoisotopic (exact) mass is 334 g/mol. The summed E-state index contributed by atoms with van der Waals surface area (Å²) < 4.78 is 11.5. The average Bonchev–Trinajstić information content (AvgIpc) is 2.49. The van der Waals surface area contributed by atoms with Crippen molar-refractivity contribution < 1.29 is 9.16 Å². The molecule has 0 fully saturated rings. The summed E-state index contributed by atoms with van der Waals surface area (Å²) in [4.78, 5) is 0. The molecule has 0 N–H and O–H groups in total. The highest BCUT2D eigenvalue weighted by Gasteiger charge is 2.25. The quantitative estimate of drug-likeness (QED) is 0.370. The number of methoxy groups -OCH3 is 1. The topological polar surface area (TPSA) is 18.5 Å². The van der Waals surface area contributed by atoms with E-state index in [9.17, 15) is 0 Å². The van der Waals surface area contributed by atoms with Gasteiger partial charge in [0.25, 0.3) is 0 Å². The van der Waals surface area contributed by atoms with E-state index in [0.717, 1.165) is 18.2 Å². The lowest BCUT2D eigenvalue weighted by Gasteiger charge is -2.27. The molecule has 0 aromatic heterocycles. The summed E-state index contributed by atoms with van der Waals surface area (Å²) in [6, 6.07) is 9.50. The highest BCUT2D eigenvalue weighted by molar-refractivity contribution is 6.72. The molecule has 0 amide bonds. The van der Waals surface area contributed by atoms with Gasteiger partial charge in [-0.3, -0.25) is 0 Å². The zero-order valence-electron chi connectivity index (χ0n) is 15.8. The Morgan fingerprint density at radius 1 is 1.13 bits per heavy atom. The number of hydrogen-bond acceptors (Lipinski definition) is 2. The van der Waals surface area contributed by atoms with Crippen LogP contribution in [-0.4, -0.2) is 21.5 Å². The Labute approximate surface area is 144 Å². The van der Waals surface area contributed by atoms with E-state index in [1.165, 1.54) is 30.4 Å². The van der Waals surface area contributed by atoms with E-state index in [2.05, 4.69) is 52.1 Å². The van der Waals surface area contributed by atoms with Gasteiger partial charge in [0, 0.05) is 6.10 Å². The van der Waals surface area contributed by atoms with Crippen LogP contribution >= 0.6 is 0 Å². The van der Waals surface area contributed by atoms with E-state index >= 15 is 0 Å². The van der Waals surface area contributed by atoms with E-state index in [4.69, 9.17) is 9.16 Å². The third-order valence-corrected chi connectivity index (χ3v) is 6.17. The summed E-state index contributed by atoms with van der Waals surface area (Å²) in [6.07, 6.45) is 7.72. The predicted octanol–water partition coefficient (Wildman–Crippen LogP) is 6.29. The first-order valence-corrected chi connectivity index (χ1v) is 12.0. The summed E-state index contributed by atoms with van der Waals surface area (Å²) in [7, 11) is 0.00912. The normalized spacial score (nSPS) is 12.7. The smallest absolute Gasteiger partial charge is 0.191 e. The summed E-state index contributed by atoms with van der Waals surface area (Å²) in [5.74, 6) is 0.911. The van der Waals surface area contributed by atoms with Crippen LogP contribution in [0.1, 0.15) is 52.0 Å². The van der Waals surface area contributed by atoms with Gasteiger partial charge in [0.05, 0.1) is 7.11 Å². The Balaban J connectivity index is 2.91. The Kier molecular flexibility index (Phi) is 8.63. The molecule has 0 radical (unpaired) electrons. The van der Waals surface area contributed by atoms with Crippen LogP contribution in [0, 0.1) is 0 Å². The predicted molar refractivity (Wildman–Crippen MR) is 104 cm³/mol. The number of ether oxygens (including phenoxy) is 1. The molecule has 0 saturated heterocycles. The van der Waals surface area contributed by atoms with Crippen LogP contribution in [0.4, 0.5) is 0 Å². The van der Waals surface area contributed by atoms with E-state index < -0.39 is 8.32 Å². The average molecular weight is 335 g/mol. The maximum absolute atomic E-state index is 6.24. The van der Waals surface area contributed by atoms with Crippen LogP contribution < -0.4 is 4.74 Å². The Bertz CT molecular complexity index is 475. The summed E-state index contributed by atoms with van der Waals surface area (Å²) in [6.45, 7) is 11.1. The lowest BCUT2D eigenvalue weighted by atomic mass is 10.0. The molecule has 3 heteroatoms. The van der Waals surface area contributed by atoms with Crippen molar-refractivity contribution in [3.05, 3.63) is 35.9 Å². The van der Waals surface area contributed by atoms with Crippen molar-refractivity contribution >= 4 is 13.9 Å². The number of unbranched alkanes of at least 4 members (excludes halogenated alkanes) is 3. The van der Waals surface area contributed by atoms with Gasteiger partial charge in [-0.05, 0) is 69.1 Å². The molecular formula is C20H34O2Si. The first-order chi connectivity index (χ1) is 10.9. The highest BCUT2D eigenvalue weighted by atomic mass is 28.4. The van der Waals surface area contributed by atoms with Crippen LogP contribution in [0.5, 0.6) is 5.75 Å². The largest absolute Gasteiger partial charge is 0.497 e. The summed E-state index contributed by atoms with van der Waals surface area (Å²) >= 11 is 0. The Morgan fingerprint density at radius 2 is 1.78 bits per heavy atom. The molecule has 0 heterocycles. The molecule has 0 atom stereocenters. The fraction of sp³-hybridized carbons (Fsp3) is 0.600. The van der Waals surface area contributed by atoms with Gasteiger partial charge >= 0.3 is 0 Å². The van der Waals surface area contributed by atoms with Gasteiger partial charge in [0.2, 0.25) is 0 Å². The summed E-state index contributed by atoms with van der Waals surface area (Å²) in [5, 5.41) is 0. The lowest BCUT2D eigenvalue weighted by Crippen LogP contribution is -2.33. The van der Waals surface area contributed by atoms with Crippen LogP contribution in [0.25, 0.3) is 5.57 Å². The number of rotatable bonds is 10. The molecule has 130 valence electrons. The second-order valence-corrected chi connectivity index (χ2v) is 11.2. The molecule has 1 rings (SSSR count). The van der Waals surface area contributed by atoms with Crippen molar-refractivity contribution in [3.8, 4) is 5.75 Å². The Hall–Kier alpha value is -1.06. The van der Waals surface area contributed by atoms with Crippen LogP contribution in [-0.2, 0) is 4.43 Å². The molecule has 0 saturated carbocycles. The van der Waals surface area contributed by atoms with E-state index in [0.29, 0.717) is 6.10 Å². The highest BCUT2D eigenvalue weighted by Crippen LogP contribution is 2.29. The van der Waals surface area contributed by atoms with Crippen LogP contribution in [0.15, 0.2) is 30.3 Å². The van der Waals surface area contributed by atoms with Crippen molar-refractivity contribution in [2.24, 2.45) is 0 Å². The van der Waals surface area contributed by atoms with Crippen molar-refractivity contribution in [1.29, 1.82) is 0 Å². The van der Waals surface area contributed by atoms with Gasteiger partial charge in [0.1, 0.15) is 5.75 Å². The summed E-state index contributed by atoms with van der Waals surface area (Å²) in [5.41, 5.74) is 2.73. The second kappa shape index (κ2) is 9.94. The van der Waals surface area contributed by atoms with E-state index in [1.807, 2.05) is 12.1 Å². The van der Waals surface area contributed by atoms with Crippen molar-refractivity contribution in [2.45, 2.75) is 71.7 Å². The van der Waals surface area contributed by atoms with E-state index in [-0.39, 0.29) is 0 Å². The fourth-order valence-electron chi connectivity index (χ4n) is 2.91. The molecule has 0 bridgehead atoms. The van der Waals surface area contributed by atoms with Gasteiger partial charge in [-0.25, -0.2) is 0 Å². The molecular weight excluding hydrogens is 300 g/mol. The van der Waals surface area contributed by atoms with Crippen molar-refractivity contribution in [2.75, 3.05) is 7.11 Å². The number of allylic oxidation sites excluding steroid dienone is 2. The van der Waals surface area contributed by atoms with Gasteiger partial charge in [-0.15, -0.1) is 0 Å². The van der Waals surface area contributed by atoms with Gasteiger partial charge < -0.3 is 9.16 Å². The first kappa shape index (κ1) is 20.0. The fourth-order valence-corrected chi connectivity index (χ4v) is 5.53. The maximum atomic E-state index is 6.24. The zero-order valence-corrected chi connectivity index (χ0v) is 16.8. The van der Waals surface area contributed by atoms with E-state index in [1.54, 1.807) is 7.11 Å². The third-order valence-electron chi connectivity index (χ3n) is 3.83. The standard InChI is InChI=1S/C20H34O2Si/c1-7-8-9-10-11-19(16-23(5,6)22-17(2)3)18-12-14-20(21-4)15-13-18/h11-15,17H,7-10,16H2,1-6H3/b19-11+. The first-order valence-electron chi connectivity index (χ1n) is 8.89. The van der Waals surface area contributed by atoms with Crippen molar-refractivity contribution in [3.63, 3.8) is 0 Å². The van der Waals surface area contributed by atoms with Gasteiger partial charge in [-0.1, -0.05) is 38.0 Å². The van der Waals surface area contributed by atoms with Crippen molar-refractivity contribution in [1.82, 2.24) is 0 Å². The minimum atomic E-state index is -1.70.